The van der Waals surface area contributed by atoms with E-state index in [2.05, 4.69) is 43.2 Å². The van der Waals surface area contributed by atoms with Crippen molar-refractivity contribution in [1.82, 2.24) is 4.98 Å². The fourth-order valence-electron chi connectivity index (χ4n) is 1.78. The van der Waals surface area contributed by atoms with Gasteiger partial charge in [-0.25, -0.2) is 4.98 Å². The standard InChI is InChI=1S/C14H18N2OS/c1-4-15-14-16-8-12(18-14)9-17-13-10(2)6-5-7-11(13)3/h5-8H,4,9H2,1-3H3,(H,15,16). The minimum atomic E-state index is 0.578. The lowest BCUT2D eigenvalue weighted by Crippen LogP contribution is -1.97. The van der Waals surface area contributed by atoms with E-state index in [9.17, 15) is 0 Å². The predicted molar refractivity (Wildman–Crippen MR) is 76.5 cm³/mol. The van der Waals surface area contributed by atoms with E-state index in [1.807, 2.05) is 12.3 Å². The van der Waals surface area contributed by atoms with Gasteiger partial charge in [0.25, 0.3) is 0 Å². The molecule has 0 fully saturated rings. The van der Waals surface area contributed by atoms with Gasteiger partial charge in [-0.2, -0.15) is 0 Å². The van der Waals surface area contributed by atoms with Gasteiger partial charge in [-0.15, -0.1) is 0 Å². The molecule has 0 spiro atoms. The fraction of sp³-hybridized carbons (Fsp3) is 0.357. The van der Waals surface area contributed by atoms with Crippen molar-refractivity contribution in [3.63, 3.8) is 0 Å². The Kier molecular flexibility index (Phi) is 4.20. The number of para-hydroxylation sites is 1. The Hall–Kier alpha value is -1.55. The molecule has 4 heteroatoms. The molecule has 0 saturated heterocycles. The van der Waals surface area contributed by atoms with Crippen LogP contribution in [0.1, 0.15) is 22.9 Å². The van der Waals surface area contributed by atoms with Crippen molar-refractivity contribution in [3.05, 3.63) is 40.4 Å². The van der Waals surface area contributed by atoms with Crippen molar-refractivity contribution >= 4 is 16.5 Å². The highest BCUT2D eigenvalue weighted by Gasteiger charge is 2.05. The zero-order valence-corrected chi connectivity index (χ0v) is 11.8. The molecule has 0 amide bonds. The summed E-state index contributed by atoms with van der Waals surface area (Å²) < 4.78 is 5.89. The number of rotatable bonds is 5. The minimum absolute atomic E-state index is 0.578. The molecule has 2 aromatic rings. The summed E-state index contributed by atoms with van der Waals surface area (Å²) in [5.41, 5.74) is 2.35. The van der Waals surface area contributed by atoms with Crippen molar-refractivity contribution in [2.75, 3.05) is 11.9 Å². The number of hydrogen-bond acceptors (Lipinski definition) is 4. The molecule has 96 valence electrons. The number of hydrogen-bond donors (Lipinski definition) is 1. The normalized spacial score (nSPS) is 10.4. The molecular formula is C14H18N2OS. The number of benzene rings is 1. The largest absolute Gasteiger partial charge is 0.487 e. The number of ether oxygens (including phenoxy) is 1. The van der Waals surface area contributed by atoms with Gasteiger partial charge in [0.2, 0.25) is 0 Å². The van der Waals surface area contributed by atoms with Crippen LogP contribution in [0, 0.1) is 13.8 Å². The van der Waals surface area contributed by atoms with Gasteiger partial charge in [0.1, 0.15) is 12.4 Å². The second kappa shape index (κ2) is 5.87. The van der Waals surface area contributed by atoms with Crippen LogP contribution in [-0.4, -0.2) is 11.5 Å². The quantitative estimate of drug-likeness (QED) is 0.890. The Morgan fingerprint density at radius 1 is 1.28 bits per heavy atom. The van der Waals surface area contributed by atoms with Crippen LogP contribution in [0.2, 0.25) is 0 Å². The zero-order valence-electron chi connectivity index (χ0n) is 11.0. The number of nitrogens with one attached hydrogen (secondary N) is 1. The summed E-state index contributed by atoms with van der Waals surface area (Å²) in [4.78, 5) is 5.42. The summed E-state index contributed by atoms with van der Waals surface area (Å²) in [5.74, 6) is 0.982. The highest BCUT2D eigenvalue weighted by molar-refractivity contribution is 7.15. The van der Waals surface area contributed by atoms with Crippen molar-refractivity contribution in [3.8, 4) is 5.75 Å². The maximum Gasteiger partial charge on any atom is 0.182 e. The topological polar surface area (TPSA) is 34.2 Å². The Bertz CT molecular complexity index is 502. The number of nitrogens with zero attached hydrogens (tertiary/aromatic N) is 1. The lowest BCUT2D eigenvalue weighted by atomic mass is 10.1. The van der Waals surface area contributed by atoms with Gasteiger partial charge in [0, 0.05) is 12.7 Å². The first-order valence-electron chi connectivity index (χ1n) is 6.08. The van der Waals surface area contributed by atoms with E-state index in [1.54, 1.807) is 11.3 Å². The number of anilines is 1. The lowest BCUT2D eigenvalue weighted by molar-refractivity contribution is 0.305. The Morgan fingerprint density at radius 3 is 2.67 bits per heavy atom. The van der Waals surface area contributed by atoms with Crippen LogP contribution < -0.4 is 10.1 Å². The summed E-state index contributed by atoms with van der Waals surface area (Å²) in [6, 6.07) is 6.19. The second-order valence-electron chi connectivity index (χ2n) is 4.17. The van der Waals surface area contributed by atoms with Gasteiger partial charge in [-0.05, 0) is 31.9 Å². The van der Waals surface area contributed by atoms with E-state index in [4.69, 9.17) is 4.74 Å². The summed E-state index contributed by atoms with van der Waals surface area (Å²) >= 11 is 1.64. The molecule has 1 aromatic heterocycles. The van der Waals surface area contributed by atoms with Crippen molar-refractivity contribution in [2.24, 2.45) is 0 Å². The number of aryl methyl sites for hydroxylation is 2. The molecule has 0 unspecified atom stereocenters. The fourth-order valence-corrected chi connectivity index (χ4v) is 2.57. The molecule has 1 N–H and O–H groups in total. The van der Waals surface area contributed by atoms with E-state index in [-0.39, 0.29) is 0 Å². The van der Waals surface area contributed by atoms with Crippen LogP contribution in [0.15, 0.2) is 24.4 Å². The number of aromatic nitrogens is 1. The van der Waals surface area contributed by atoms with Gasteiger partial charge in [0.15, 0.2) is 5.13 Å². The minimum Gasteiger partial charge on any atom is -0.487 e. The molecule has 0 aliphatic heterocycles. The van der Waals surface area contributed by atoms with Gasteiger partial charge < -0.3 is 10.1 Å². The van der Waals surface area contributed by atoms with Crippen LogP contribution in [0.4, 0.5) is 5.13 Å². The van der Waals surface area contributed by atoms with Gasteiger partial charge in [-0.3, -0.25) is 0 Å². The van der Waals surface area contributed by atoms with E-state index in [0.29, 0.717) is 6.61 Å². The highest BCUT2D eigenvalue weighted by Crippen LogP contribution is 2.25. The zero-order chi connectivity index (χ0) is 13.0. The van der Waals surface area contributed by atoms with Crippen molar-refractivity contribution in [1.29, 1.82) is 0 Å². The molecule has 3 nitrogen and oxygen atoms in total. The molecule has 0 bridgehead atoms. The van der Waals surface area contributed by atoms with E-state index in [1.165, 1.54) is 11.1 Å². The van der Waals surface area contributed by atoms with Crippen LogP contribution in [0.3, 0.4) is 0 Å². The lowest BCUT2D eigenvalue weighted by Gasteiger charge is -2.10. The molecule has 0 atom stereocenters. The Labute approximate surface area is 112 Å². The van der Waals surface area contributed by atoms with Gasteiger partial charge in [0.05, 0.1) is 4.88 Å². The molecule has 2 rings (SSSR count). The van der Waals surface area contributed by atoms with Crippen molar-refractivity contribution < 1.29 is 4.74 Å². The SMILES string of the molecule is CCNc1ncc(COc2c(C)cccc2C)s1. The van der Waals surface area contributed by atoms with Crippen LogP contribution in [0.25, 0.3) is 0 Å². The third kappa shape index (κ3) is 3.01. The number of thiazole rings is 1. The summed E-state index contributed by atoms with van der Waals surface area (Å²) in [5, 5.41) is 4.16. The third-order valence-electron chi connectivity index (χ3n) is 2.65. The molecular weight excluding hydrogens is 244 g/mol. The van der Waals surface area contributed by atoms with Gasteiger partial charge >= 0.3 is 0 Å². The monoisotopic (exact) mass is 262 g/mol. The smallest absolute Gasteiger partial charge is 0.182 e. The second-order valence-corrected chi connectivity index (χ2v) is 5.29. The van der Waals surface area contributed by atoms with E-state index >= 15 is 0 Å². The van der Waals surface area contributed by atoms with E-state index in [0.717, 1.165) is 22.3 Å². The van der Waals surface area contributed by atoms with E-state index < -0.39 is 0 Å². The van der Waals surface area contributed by atoms with Crippen molar-refractivity contribution in [2.45, 2.75) is 27.4 Å². The molecule has 0 saturated carbocycles. The molecule has 0 aliphatic rings. The molecule has 1 aromatic carbocycles. The third-order valence-corrected chi connectivity index (χ3v) is 3.58. The van der Waals surface area contributed by atoms with Crippen LogP contribution in [-0.2, 0) is 6.61 Å². The van der Waals surface area contributed by atoms with Crippen LogP contribution >= 0.6 is 11.3 Å². The molecule has 1 heterocycles. The Morgan fingerprint density at radius 2 is 2.00 bits per heavy atom. The Balaban J connectivity index is 2.02. The maximum atomic E-state index is 5.89. The first-order valence-corrected chi connectivity index (χ1v) is 6.90. The summed E-state index contributed by atoms with van der Waals surface area (Å²) in [7, 11) is 0. The summed E-state index contributed by atoms with van der Waals surface area (Å²) in [6.07, 6.45) is 1.87. The van der Waals surface area contributed by atoms with Crippen LogP contribution in [0.5, 0.6) is 5.75 Å². The van der Waals surface area contributed by atoms with Gasteiger partial charge in [-0.1, -0.05) is 29.5 Å². The molecule has 0 aliphatic carbocycles. The average Bonchev–Trinajstić information content (AvgIpc) is 2.77. The molecule has 18 heavy (non-hydrogen) atoms. The highest BCUT2D eigenvalue weighted by atomic mass is 32.1. The molecule has 0 radical (unpaired) electrons. The predicted octanol–water partition coefficient (Wildman–Crippen LogP) is 3.77. The first-order chi connectivity index (χ1) is 8.70. The maximum absolute atomic E-state index is 5.89. The average molecular weight is 262 g/mol. The summed E-state index contributed by atoms with van der Waals surface area (Å²) in [6.45, 7) is 7.67. The first kappa shape index (κ1) is 12.9.